The SMILES string of the molecule is CSc1ccc(-c2ccc(C=O)o2)c([N+](=O)[O-])c1. The number of rotatable bonds is 4. The normalized spacial score (nSPS) is 10.3. The van der Waals surface area contributed by atoms with Crippen molar-refractivity contribution in [1.82, 2.24) is 0 Å². The first-order valence-corrected chi connectivity index (χ1v) is 6.26. The highest BCUT2D eigenvalue weighted by Crippen LogP contribution is 2.33. The van der Waals surface area contributed by atoms with Crippen LogP contribution in [0.15, 0.2) is 39.6 Å². The molecule has 1 aromatic carbocycles. The molecule has 0 bridgehead atoms. The largest absolute Gasteiger partial charge is 0.453 e. The van der Waals surface area contributed by atoms with Crippen LogP contribution in [0.5, 0.6) is 0 Å². The number of carbonyl (C=O) groups excluding carboxylic acids is 1. The zero-order valence-corrected chi connectivity index (χ0v) is 10.3. The molecule has 0 aliphatic rings. The fraction of sp³-hybridized carbons (Fsp3) is 0.0833. The number of carbonyl (C=O) groups is 1. The summed E-state index contributed by atoms with van der Waals surface area (Å²) in [6.07, 6.45) is 2.40. The predicted octanol–water partition coefficient (Wildman–Crippen LogP) is 3.39. The molecule has 92 valence electrons. The van der Waals surface area contributed by atoms with Crippen LogP contribution >= 0.6 is 11.8 Å². The van der Waals surface area contributed by atoms with E-state index < -0.39 is 4.92 Å². The van der Waals surface area contributed by atoms with Crippen molar-refractivity contribution in [1.29, 1.82) is 0 Å². The quantitative estimate of drug-likeness (QED) is 0.366. The maximum Gasteiger partial charge on any atom is 0.281 e. The zero-order valence-electron chi connectivity index (χ0n) is 9.45. The van der Waals surface area contributed by atoms with Crippen LogP contribution in [0.2, 0.25) is 0 Å². The average Bonchev–Trinajstić information content (AvgIpc) is 2.86. The highest BCUT2D eigenvalue weighted by Gasteiger charge is 2.18. The van der Waals surface area contributed by atoms with E-state index in [2.05, 4.69) is 0 Å². The van der Waals surface area contributed by atoms with E-state index in [-0.39, 0.29) is 11.4 Å². The molecule has 0 N–H and O–H groups in total. The van der Waals surface area contributed by atoms with Gasteiger partial charge >= 0.3 is 0 Å². The van der Waals surface area contributed by atoms with Gasteiger partial charge in [-0.15, -0.1) is 11.8 Å². The lowest BCUT2D eigenvalue weighted by Gasteiger charge is -2.02. The van der Waals surface area contributed by atoms with Gasteiger partial charge in [0.2, 0.25) is 0 Å². The van der Waals surface area contributed by atoms with Crippen LogP contribution in [0, 0.1) is 10.1 Å². The maximum absolute atomic E-state index is 11.0. The van der Waals surface area contributed by atoms with E-state index in [0.717, 1.165) is 4.90 Å². The fourth-order valence-electron chi connectivity index (χ4n) is 1.56. The molecule has 0 radical (unpaired) electrons. The van der Waals surface area contributed by atoms with Gasteiger partial charge in [0.15, 0.2) is 12.0 Å². The lowest BCUT2D eigenvalue weighted by Crippen LogP contribution is -1.91. The van der Waals surface area contributed by atoms with Gasteiger partial charge in [-0.1, -0.05) is 0 Å². The molecule has 0 unspecified atom stereocenters. The number of benzene rings is 1. The predicted molar refractivity (Wildman–Crippen MR) is 68.0 cm³/mol. The van der Waals surface area contributed by atoms with Crippen LogP contribution in [0.25, 0.3) is 11.3 Å². The van der Waals surface area contributed by atoms with Crippen molar-refractivity contribution in [2.45, 2.75) is 4.90 Å². The van der Waals surface area contributed by atoms with Gasteiger partial charge in [0, 0.05) is 11.0 Å². The third kappa shape index (κ3) is 2.28. The monoisotopic (exact) mass is 263 g/mol. The molecule has 2 rings (SSSR count). The number of hydrogen-bond acceptors (Lipinski definition) is 5. The Morgan fingerprint density at radius 2 is 2.11 bits per heavy atom. The van der Waals surface area contributed by atoms with E-state index in [1.54, 1.807) is 18.2 Å². The van der Waals surface area contributed by atoms with Crippen molar-refractivity contribution >= 4 is 23.7 Å². The summed E-state index contributed by atoms with van der Waals surface area (Å²) in [5.41, 5.74) is 0.333. The van der Waals surface area contributed by atoms with E-state index in [1.165, 1.54) is 23.9 Å². The van der Waals surface area contributed by atoms with Gasteiger partial charge < -0.3 is 4.42 Å². The van der Waals surface area contributed by atoms with Crippen LogP contribution in [-0.2, 0) is 0 Å². The van der Waals surface area contributed by atoms with E-state index in [9.17, 15) is 14.9 Å². The summed E-state index contributed by atoms with van der Waals surface area (Å²) in [7, 11) is 0. The number of nitro benzene ring substituents is 1. The van der Waals surface area contributed by atoms with E-state index in [4.69, 9.17) is 4.42 Å². The van der Waals surface area contributed by atoms with E-state index in [0.29, 0.717) is 17.6 Å². The minimum Gasteiger partial charge on any atom is -0.453 e. The molecule has 0 saturated carbocycles. The molecular weight excluding hydrogens is 254 g/mol. The van der Waals surface area contributed by atoms with Crippen LogP contribution < -0.4 is 0 Å². The van der Waals surface area contributed by atoms with Crippen molar-refractivity contribution in [3.63, 3.8) is 0 Å². The number of thioether (sulfide) groups is 1. The molecule has 0 aliphatic heterocycles. The smallest absolute Gasteiger partial charge is 0.281 e. The zero-order chi connectivity index (χ0) is 13.1. The van der Waals surface area contributed by atoms with Crippen molar-refractivity contribution in [3.05, 3.63) is 46.2 Å². The minimum absolute atomic E-state index is 0.0337. The molecule has 0 aliphatic carbocycles. The third-order valence-corrected chi connectivity index (χ3v) is 3.14. The van der Waals surface area contributed by atoms with Gasteiger partial charge in [-0.25, -0.2) is 0 Å². The van der Waals surface area contributed by atoms with Crippen molar-refractivity contribution in [2.24, 2.45) is 0 Å². The second kappa shape index (κ2) is 5.05. The Hall–Kier alpha value is -2.08. The molecule has 0 amide bonds. The van der Waals surface area contributed by atoms with Gasteiger partial charge in [0.05, 0.1) is 10.5 Å². The molecule has 0 spiro atoms. The molecule has 1 heterocycles. The molecule has 18 heavy (non-hydrogen) atoms. The number of nitro groups is 1. The summed E-state index contributed by atoms with van der Waals surface area (Å²) < 4.78 is 5.20. The first-order chi connectivity index (χ1) is 8.65. The summed E-state index contributed by atoms with van der Waals surface area (Å²) >= 11 is 1.42. The van der Waals surface area contributed by atoms with E-state index >= 15 is 0 Å². The van der Waals surface area contributed by atoms with Gasteiger partial charge in [0.25, 0.3) is 5.69 Å². The Labute approximate surface area is 107 Å². The van der Waals surface area contributed by atoms with Crippen LogP contribution in [0.1, 0.15) is 10.6 Å². The average molecular weight is 263 g/mol. The Balaban J connectivity index is 2.55. The summed E-state index contributed by atoms with van der Waals surface area (Å²) in [4.78, 5) is 21.9. The minimum atomic E-state index is -0.460. The fourth-order valence-corrected chi connectivity index (χ4v) is 1.99. The molecule has 0 saturated heterocycles. The highest BCUT2D eigenvalue weighted by atomic mass is 32.2. The third-order valence-electron chi connectivity index (χ3n) is 2.41. The Morgan fingerprint density at radius 1 is 1.33 bits per heavy atom. The molecule has 1 aromatic heterocycles. The lowest BCUT2D eigenvalue weighted by molar-refractivity contribution is -0.384. The maximum atomic E-state index is 11.0. The molecule has 2 aromatic rings. The van der Waals surface area contributed by atoms with Crippen molar-refractivity contribution in [3.8, 4) is 11.3 Å². The van der Waals surface area contributed by atoms with Crippen LogP contribution in [-0.4, -0.2) is 17.5 Å². The first-order valence-electron chi connectivity index (χ1n) is 5.03. The second-order valence-electron chi connectivity index (χ2n) is 3.46. The van der Waals surface area contributed by atoms with Crippen molar-refractivity contribution < 1.29 is 14.1 Å². The lowest BCUT2D eigenvalue weighted by atomic mass is 10.1. The summed E-state index contributed by atoms with van der Waals surface area (Å²) in [5, 5.41) is 11.0. The Kier molecular flexibility index (Phi) is 3.47. The Morgan fingerprint density at radius 3 is 2.67 bits per heavy atom. The van der Waals surface area contributed by atoms with Crippen LogP contribution in [0.3, 0.4) is 0 Å². The molecular formula is C12H9NO4S. The van der Waals surface area contributed by atoms with Crippen molar-refractivity contribution in [2.75, 3.05) is 6.26 Å². The number of nitrogens with zero attached hydrogens (tertiary/aromatic N) is 1. The standard InChI is InChI=1S/C12H9NO4S/c1-18-9-3-4-10(11(6-9)13(15)16)12-5-2-8(7-14)17-12/h2-7H,1H3. The molecule has 0 atom stereocenters. The molecule has 5 nitrogen and oxygen atoms in total. The summed E-state index contributed by atoms with van der Waals surface area (Å²) in [5.74, 6) is 0.463. The topological polar surface area (TPSA) is 73.3 Å². The van der Waals surface area contributed by atoms with Gasteiger partial charge in [-0.3, -0.25) is 14.9 Å². The number of aldehydes is 1. The highest BCUT2D eigenvalue weighted by molar-refractivity contribution is 7.98. The first kappa shape index (κ1) is 12.4. The Bertz CT molecular complexity index is 606. The van der Waals surface area contributed by atoms with Gasteiger partial charge in [-0.2, -0.15) is 0 Å². The molecule has 0 fully saturated rings. The second-order valence-corrected chi connectivity index (χ2v) is 4.34. The van der Waals surface area contributed by atoms with Crippen LogP contribution in [0.4, 0.5) is 5.69 Å². The summed E-state index contributed by atoms with van der Waals surface area (Å²) in [6.45, 7) is 0. The van der Waals surface area contributed by atoms with E-state index in [1.807, 2.05) is 6.26 Å². The van der Waals surface area contributed by atoms with Gasteiger partial charge in [0.1, 0.15) is 5.76 Å². The number of furan rings is 1. The summed E-state index contributed by atoms with van der Waals surface area (Å²) in [6, 6.07) is 7.91. The molecule has 6 heteroatoms. The number of hydrogen-bond donors (Lipinski definition) is 0. The van der Waals surface area contributed by atoms with Gasteiger partial charge in [-0.05, 0) is 30.5 Å².